The van der Waals surface area contributed by atoms with Gasteiger partial charge in [-0.3, -0.25) is 4.79 Å². The number of rotatable bonds is 7. The van der Waals surface area contributed by atoms with E-state index in [4.69, 9.17) is 0 Å². The van der Waals surface area contributed by atoms with E-state index >= 15 is 0 Å². The summed E-state index contributed by atoms with van der Waals surface area (Å²) in [5.74, 6) is 0.537. The van der Waals surface area contributed by atoms with E-state index in [0.29, 0.717) is 5.92 Å². The number of aromatic nitrogens is 1. The minimum absolute atomic E-state index is 0.228. The fourth-order valence-corrected chi connectivity index (χ4v) is 2.52. The highest BCUT2D eigenvalue weighted by molar-refractivity contribution is 5.80. The molecule has 1 aliphatic carbocycles. The van der Waals surface area contributed by atoms with Gasteiger partial charge in [-0.2, -0.15) is 0 Å². The van der Waals surface area contributed by atoms with E-state index in [-0.39, 0.29) is 5.91 Å². The molecule has 0 bridgehead atoms. The summed E-state index contributed by atoms with van der Waals surface area (Å²) >= 11 is 0. The van der Waals surface area contributed by atoms with Crippen LogP contribution < -0.4 is 10.6 Å². The van der Waals surface area contributed by atoms with Gasteiger partial charge in [0.05, 0.1) is 0 Å². The first kappa shape index (κ1) is 14.1. The third kappa shape index (κ3) is 3.60. The monoisotopic (exact) mass is 263 g/mol. The molecule has 1 heterocycles. The number of carbonyl (C=O) groups excluding carboxylic acids is 1. The van der Waals surface area contributed by atoms with Crippen LogP contribution in [-0.4, -0.2) is 23.6 Å². The van der Waals surface area contributed by atoms with Crippen LogP contribution in [0.25, 0.3) is 0 Å². The molecule has 19 heavy (non-hydrogen) atoms. The first-order chi connectivity index (χ1) is 9.13. The highest BCUT2D eigenvalue weighted by Crippen LogP contribution is 2.28. The molecule has 0 radical (unpaired) electrons. The minimum atomic E-state index is 0.228. The Labute approximate surface area is 115 Å². The minimum Gasteiger partial charge on any atom is -0.355 e. The number of aryl methyl sites for hydroxylation is 1. The number of hydrogen-bond donors (Lipinski definition) is 2. The van der Waals surface area contributed by atoms with Crippen molar-refractivity contribution in [2.75, 3.05) is 13.1 Å². The van der Waals surface area contributed by atoms with Gasteiger partial charge in [0.1, 0.15) is 0 Å². The van der Waals surface area contributed by atoms with Gasteiger partial charge < -0.3 is 15.2 Å². The highest BCUT2D eigenvalue weighted by atomic mass is 16.2. The number of nitrogens with one attached hydrogen (secondary N) is 2. The van der Waals surface area contributed by atoms with Crippen molar-refractivity contribution >= 4 is 5.91 Å². The maximum atomic E-state index is 11.4. The van der Waals surface area contributed by atoms with E-state index in [1.165, 1.54) is 17.0 Å². The number of nitrogens with zero attached hydrogens (tertiary/aromatic N) is 1. The SMILES string of the molecule is CCn1c(C)cc(CNCCNC(=O)C2CC2)c1C. The first-order valence-electron chi connectivity index (χ1n) is 7.27. The third-order valence-corrected chi connectivity index (χ3v) is 3.86. The Morgan fingerprint density at radius 1 is 1.37 bits per heavy atom. The summed E-state index contributed by atoms with van der Waals surface area (Å²) in [7, 11) is 0. The van der Waals surface area contributed by atoms with Gasteiger partial charge >= 0.3 is 0 Å². The van der Waals surface area contributed by atoms with Crippen LogP contribution in [0.4, 0.5) is 0 Å². The van der Waals surface area contributed by atoms with Gasteiger partial charge in [-0.05, 0) is 45.2 Å². The number of hydrogen-bond acceptors (Lipinski definition) is 2. The zero-order chi connectivity index (χ0) is 13.8. The fraction of sp³-hybridized carbons (Fsp3) is 0.667. The lowest BCUT2D eigenvalue weighted by Crippen LogP contribution is -2.32. The Hall–Kier alpha value is -1.29. The quantitative estimate of drug-likeness (QED) is 0.736. The summed E-state index contributed by atoms with van der Waals surface area (Å²) in [6, 6.07) is 2.24. The maximum Gasteiger partial charge on any atom is 0.223 e. The summed E-state index contributed by atoms with van der Waals surface area (Å²) in [5.41, 5.74) is 4.02. The Bertz CT molecular complexity index is 446. The molecule has 1 aromatic heterocycles. The molecule has 0 atom stereocenters. The molecule has 0 spiro atoms. The molecule has 1 aromatic rings. The van der Waals surface area contributed by atoms with E-state index in [2.05, 4.69) is 42.0 Å². The van der Waals surface area contributed by atoms with Crippen LogP contribution >= 0.6 is 0 Å². The zero-order valence-corrected chi connectivity index (χ0v) is 12.3. The lowest BCUT2D eigenvalue weighted by Gasteiger charge is -2.08. The van der Waals surface area contributed by atoms with Gasteiger partial charge in [0, 0.05) is 43.5 Å². The van der Waals surface area contributed by atoms with E-state index in [1.807, 2.05) is 0 Å². The average molecular weight is 263 g/mol. The number of carbonyl (C=O) groups is 1. The molecule has 0 aliphatic heterocycles. The molecule has 0 saturated heterocycles. The lowest BCUT2D eigenvalue weighted by atomic mass is 10.2. The Balaban J connectivity index is 1.69. The predicted molar refractivity (Wildman–Crippen MR) is 77.0 cm³/mol. The second-order valence-corrected chi connectivity index (χ2v) is 5.38. The molecule has 4 heteroatoms. The molecular weight excluding hydrogens is 238 g/mol. The van der Waals surface area contributed by atoms with Crippen molar-refractivity contribution in [2.24, 2.45) is 5.92 Å². The highest BCUT2D eigenvalue weighted by Gasteiger charge is 2.28. The topological polar surface area (TPSA) is 46.1 Å². The summed E-state index contributed by atoms with van der Waals surface area (Å²) in [6.07, 6.45) is 2.14. The molecule has 1 fully saturated rings. The Kier molecular flexibility index (Phi) is 4.64. The van der Waals surface area contributed by atoms with Crippen molar-refractivity contribution in [1.82, 2.24) is 15.2 Å². The van der Waals surface area contributed by atoms with Crippen LogP contribution in [0.2, 0.25) is 0 Å². The molecular formula is C15H25N3O. The third-order valence-electron chi connectivity index (χ3n) is 3.86. The smallest absolute Gasteiger partial charge is 0.223 e. The van der Waals surface area contributed by atoms with Gasteiger partial charge in [-0.25, -0.2) is 0 Å². The molecule has 1 saturated carbocycles. The molecule has 0 aromatic carbocycles. The molecule has 0 unspecified atom stereocenters. The molecule has 2 N–H and O–H groups in total. The second-order valence-electron chi connectivity index (χ2n) is 5.38. The van der Waals surface area contributed by atoms with Crippen LogP contribution in [-0.2, 0) is 17.9 Å². The average Bonchev–Trinajstić information content (AvgIpc) is 3.18. The van der Waals surface area contributed by atoms with E-state index in [1.54, 1.807) is 0 Å². The van der Waals surface area contributed by atoms with Crippen LogP contribution in [0.1, 0.15) is 36.7 Å². The van der Waals surface area contributed by atoms with Crippen LogP contribution in [0.15, 0.2) is 6.07 Å². The second kappa shape index (κ2) is 6.24. The van der Waals surface area contributed by atoms with Crippen molar-refractivity contribution in [2.45, 2.75) is 46.7 Å². The summed E-state index contributed by atoms with van der Waals surface area (Å²) in [4.78, 5) is 11.4. The molecule has 1 aliphatic rings. The van der Waals surface area contributed by atoms with Crippen molar-refractivity contribution in [3.8, 4) is 0 Å². The standard InChI is InChI=1S/C15H25N3O/c1-4-18-11(2)9-14(12(18)3)10-16-7-8-17-15(19)13-5-6-13/h9,13,16H,4-8,10H2,1-3H3,(H,17,19). The van der Waals surface area contributed by atoms with E-state index in [0.717, 1.165) is 39.0 Å². The van der Waals surface area contributed by atoms with Gasteiger partial charge in [0.2, 0.25) is 5.91 Å². The largest absolute Gasteiger partial charge is 0.355 e. The zero-order valence-electron chi connectivity index (χ0n) is 12.3. The summed E-state index contributed by atoms with van der Waals surface area (Å²) in [6.45, 7) is 9.94. The van der Waals surface area contributed by atoms with E-state index < -0.39 is 0 Å². The first-order valence-corrected chi connectivity index (χ1v) is 7.27. The normalized spacial score (nSPS) is 14.7. The maximum absolute atomic E-state index is 11.4. The van der Waals surface area contributed by atoms with Gasteiger partial charge in [0.15, 0.2) is 0 Å². The van der Waals surface area contributed by atoms with Crippen LogP contribution in [0.3, 0.4) is 0 Å². The fourth-order valence-electron chi connectivity index (χ4n) is 2.52. The lowest BCUT2D eigenvalue weighted by molar-refractivity contribution is -0.122. The molecule has 1 amide bonds. The Morgan fingerprint density at radius 3 is 2.68 bits per heavy atom. The van der Waals surface area contributed by atoms with Crippen molar-refractivity contribution in [3.63, 3.8) is 0 Å². The van der Waals surface area contributed by atoms with Gasteiger partial charge in [0.25, 0.3) is 0 Å². The van der Waals surface area contributed by atoms with E-state index in [9.17, 15) is 4.79 Å². The van der Waals surface area contributed by atoms with Crippen molar-refractivity contribution in [3.05, 3.63) is 23.0 Å². The van der Waals surface area contributed by atoms with Crippen LogP contribution in [0, 0.1) is 19.8 Å². The number of amides is 1. The summed E-state index contributed by atoms with van der Waals surface area (Å²) in [5, 5.41) is 6.36. The molecule has 2 rings (SSSR count). The molecule has 106 valence electrons. The van der Waals surface area contributed by atoms with Gasteiger partial charge in [-0.1, -0.05) is 0 Å². The van der Waals surface area contributed by atoms with Crippen molar-refractivity contribution < 1.29 is 4.79 Å². The van der Waals surface area contributed by atoms with Crippen molar-refractivity contribution in [1.29, 1.82) is 0 Å². The molecule has 4 nitrogen and oxygen atoms in total. The Morgan fingerprint density at radius 2 is 2.11 bits per heavy atom. The van der Waals surface area contributed by atoms with Crippen LogP contribution in [0.5, 0.6) is 0 Å². The predicted octanol–water partition coefficient (Wildman–Crippen LogP) is 1.74. The van der Waals surface area contributed by atoms with Gasteiger partial charge in [-0.15, -0.1) is 0 Å². The summed E-state index contributed by atoms with van der Waals surface area (Å²) < 4.78 is 2.33.